The largest absolute Gasteiger partial charge is 0.398 e. The highest BCUT2D eigenvalue weighted by molar-refractivity contribution is 6.00. The Bertz CT molecular complexity index is 523. The minimum atomic E-state index is -0.470. The van der Waals surface area contributed by atoms with Crippen molar-refractivity contribution in [1.29, 1.82) is 0 Å². The number of nitrogens with two attached hydrogens (primary N) is 1. The molecule has 0 unspecified atom stereocenters. The van der Waals surface area contributed by atoms with Crippen molar-refractivity contribution >= 4 is 22.1 Å². The lowest BCUT2D eigenvalue weighted by Gasteiger charge is -2.09. The maximum Gasteiger partial charge on any atom is 0.146 e. The molecule has 2 aromatic rings. The van der Waals surface area contributed by atoms with Crippen LogP contribution in [-0.2, 0) is 0 Å². The summed E-state index contributed by atoms with van der Waals surface area (Å²) in [7, 11) is 1.58. The molecular weight excluding hydrogens is 198 g/mol. The van der Waals surface area contributed by atoms with E-state index in [0.29, 0.717) is 16.5 Å². The van der Waals surface area contributed by atoms with Crippen LogP contribution in [0.3, 0.4) is 0 Å². The Kier molecular flexibility index (Phi) is 2.19. The summed E-state index contributed by atoms with van der Waals surface area (Å²) in [5.41, 5.74) is 6.21. The highest BCUT2D eigenvalue weighted by atomic mass is 19.1. The molecule has 0 atom stereocenters. The molecule has 0 spiro atoms. The van der Waals surface area contributed by atoms with Gasteiger partial charge in [-0.05, 0) is 24.3 Å². The molecule has 3 N–H and O–H groups in total. The molecule has 0 bridgehead atoms. The molecule has 0 fully saturated rings. The normalized spacial score (nSPS) is 10.6. The lowest BCUT2D eigenvalue weighted by atomic mass is 10.1. The van der Waals surface area contributed by atoms with Gasteiger partial charge in [-0.3, -0.25) is 0 Å². The third-order valence-electron chi connectivity index (χ3n) is 2.33. The molecule has 0 aliphatic heterocycles. The van der Waals surface area contributed by atoms with Crippen LogP contribution in [0.1, 0.15) is 0 Å². The number of rotatable bonds is 1. The highest BCUT2D eigenvalue weighted by Gasteiger charge is 2.09. The molecule has 0 radical (unpaired) electrons. The minimum absolute atomic E-state index is 0.263. The van der Waals surface area contributed by atoms with E-state index in [1.165, 1.54) is 18.2 Å². The molecule has 0 aliphatic rings. The van der Waals surface area contributed by atoms with Gasteiger partial charge in [0.25, 0.3) is 0 Å². The van der Waals surface area contributed by atoms with Gasteiger partial charge in [-0.2, -0.15) is 0 Å². The van der Waals surface area contributed by atoms with Crippen molar-refractivity contribution in [2.45, 2.75) is 0 Å². The van der Waals surface area contributed by atoms with Gasteiger partial charge in [0.05, 0.1) is 5.69 Å². The third kappa shape index (κ3) is 1.48. The molecule has 0 saturated carbocycles. The van der Waals surface area contributed by atoms with Crippen LogP contribution in [0, 0.1) is 11.6 Å². The van der Waals surface area contributed by atoms with Crippen molar-refractivity contribution in [3.8, 4) is 0 Å². The van der Waals surface area contributed by atoms with Gasteiger partial charge in [0.1, 0.15) is 11.6 Å². The smallest absolute Gasteiger partial charge is 0.146 e. The van der Waals surface area contributed by atoms with Crippen LogP contribution in [0.15, 0.2) is 24.3 Å². The van der Waals surface area contributed by atoms with Gasteiger partial charge in [0, 0.05) is 23.5 Å². The van der Waals surface area contributed by atoms with Crippen LogP contribution in [0.5, 0.6) is 0 Å². The van der Waals surface area contributed by atoms with E-state index in [1.807, 2.05) is 0 Å². The Morgan fingerprint density at radius 2 is 1.87 bits per heavy atom. The van der Waals surface area contributed by atoms with Crippen LogP contribution >= 0.6 is 0 Å². The molecule has 15 heavy (non-hydrogen) atoms. The van der Waals surface area contributed by atoms with Crippen molar-refractivity contribution in [1.82, 2.24) is 0 Å². The summed E-state index contributed by atoms with van der Waals surface area (Å²) in [5.74, 6) is -0.892. The first-order valence-corrected chi connectivity index (χ1v) is 4.48. The summed E-state index contributed by atoms with van der Waals surface area (Å²) < 4.78 is 26.5. The number of anilines is 2. The average molecular weight is 208 g/mol. The van der Waals surface area contributed by atoms with Crippen LogP contribution in [0.2, 0.25) is 0 Å². The zero-order valence-electron chi connectivity index (χ0n) is 8.14. The lowest BCUT2D eigenvalue weighted by molar-refractivity contribution is 0.628. The van der Waals surface area contributed by atoms with Gasteiger partial charge < -0.3 is 11.1 Å². The van der Waals surface area contributed by atoms with Gasteiger partial charge in [0.2, 0.25) is 0 Å². The van der Waals surface area contributed by atoms with E-state index in [4.69, 9.17) is 5.73 Å². The van der Waals surface area contributed by atoms with Gasteiger partial charge in [0.15, 0.2) is 0 Å². The summed E-state index contributed by atoms with van der Waals surface area (Å²) in [4.78, 5) is 0. The second kappa shape index (κ2) is 3.38. The number of nitrogens with one attached hydrogen (secondary N) is 1. The Morgan fingerprint density at radius 3 is 2.53 bits per heavy atom. The van der Waals surface area contributed by atoms with E-state index in [9.17, 15) is 8.78 Å². The predicted molar refractivity (Wildman–Crippen MR) is 57.8 cm³/mol. The van der Waals surface area contributed by atoms with E-state index in [1.54, 1.807) is 13.1 Å². The van der Waals surface area contributed by atoms with Crippen LogP contribution in [-0.4, -0.2) is 7.05 Å². The Balaban J connectivity index is 2.91. The molecule has 4 heteroatoms. The maximum absolute atomic E-state index is 13.4. The van der Waals surface area contributed by atoms with E-state index in [2.05, 4.69) is 5.32 Å². The van der Waals surface area contributed by atoms with Crippen molar-refractivity contribution in [3.63, 3.8) is 0 Å². The van der Waals surface area contributed by atoms with Crippen LogP contribution in [0.25, 0.3) is 10.8 Å². The summed E-state index contributed by atoms with van der Waals surface area (Å²) in [6.45, 7) is 0. The zero-order valence-corrected chi connectivity index (χ0v) is 8.14. The first kappa shape index (κ1) is 9.71. The van der Waals surface area contributed by atoms with E-state index in [-0.39, 0.29) is 5.69 Å². The van der Waals surface area contributed by atoms with Gasteiger partial charge in [-0.25, -0.2) is 8.78 Å². The van der Waals surface area contributed by atoms with Gasteiger partial charge in [-0.1, -0.05) is 0 Å². The zero-order chi connectivity index (χ0) is 11.0. The van der Waals surface area contributed by atoms with Crippen LogP contribution < -0.4 is 11.1 Å². The molecule has 2 rings (SSSR count). The fraction of sp³-hybridized carbons (Fsp3) is 0.0909. The van der Waals surface area contributed by atoms with E-state index >= 15 is 0 Å². The Morgan fingerprint density at radius 1 is 1.13 bits per heavy atom. The van der Waals surface area contributed by atoms with Gasteiger partial charge >= 0.3 is 0 Å². The summed E-state index contributed by atoms with van der Waals surface area (Å²) in [5, 5.41) is 3.79. The number of fused-ring (bicyclic) bond motifs is 1. The maximum atomic E-state index is 13.4. The molecule has 0 aromatic heterocycles. The van der Waals surface area contributed by atoms with Crippen molar-refractivity contribution in [2.24, 2.45) is 0 Å². The number of benzene rings is 2. The standard InChI is InChI=1S/C11H10F2N2/c1-15-11-8-4-6(12)5-10(14)7(8)2-3-9(11)13/h2-5,15H,14H2,1H3. The fourth-order valence-corrected chi connectivity index (χ4v) is 1.65. The molecule has 2 nitrogen and oxygen atoms in total. The van der Waals surface area contributed by atoms with Crippen molar-refractivity contribution in [2.75, 3.05) is 18.1 Å². The van der Waals surface area contributed by atoms with Gasteiger partial charge in [-0.15, -0.1) is 0 Å². The molecular formula is C11H10F2N2. The SMILES string of the molecule is CNc1c(F)ccc2c(N)cc(F)cc12. The molecule has 0 saturated heterocycles. The fourth-order valence-electron chi connectivity index (χ4n) is 1.65. The Hall–Kier alpha value is -1.84. The Labute approximate surface area is 85.7 Å². The lowest BCUT2D eigenvalue weighted by Crippen LogP contribution is -1.96. The first-order chi connectivity index (χ1) is 7.13. The summed E-state index contributed by atoms with van der Waals surface area (Å²) in [6, 6.07) is 5.34. The summed E-state index contributed by atoms with van der Waals surface area (Å²) in [6.07, 6.45) is 0. The molecule has 2 aromatic carbocycles. The van der Waals surface area contributed by atoms with Crippen LogP contribution in [0.4, 0.5) is 20.2 Å². The predicted octanol–water partition coefficient (Wildman–Crippen LogP) is 2.74. The topological polar surface area (TPSA) is 38.0 Å². The van der Waals surface area contributed by atoms with Crippen molar-refractivity contribution in [3.05, 3.63) is 35.9 Å². The highest BCUT2D eigenvalue weighted by Crippen LogP contribution is 2.30. The molecule has 0 aliphatic carbocycles. The molecule has 0 amide bonds. The molecule has 0 heterocycles. The second-order valence-corrected chi connectivity index (χ2v) is 3.26. The minimum Gasteiger partial charge on any atom is -0.398 e. The first-order valence-electron chi connectivity index (χ1n) is 4.48. The molecule has 78 valence electrons. The number of halogens is 2. The number of hydrogen-bond donors (Lipinski definition) is 2. The van der Waals surface area contributed by atoms with E-state index in [0.717, 1.165) is 0 Å². The van der Waals surface area contributed by atoms with Crippen molar-refractivity contribution < 1.29 is 8.78 Å². The van der Waals surface area contributed by atoms with E-state index < -0.39 is 11.6 Å². The number of hydrogen-bond acceptors (Lipinski definition) is 2. The monoisotopic (exact) mass is 208 g/mol. The second-order valence-electron chi connectivity index (χ2n) is 3.26. The quantitative estimate of drug-likeness (QED) is 0.707. The number of nitrogen functional groups attached to an aromatic ring is 1. The average Bonchev–Trinajstić information content (AvgIpc) is 2.17. The third-order valence-corrected chi connectivity index (χ3v) is 2.33. The summed E-state index contributed by atoms with van der Waals surface area (Å²) >= 11 is 0.